The van der Waals surface area contributed by atoms with Gasteiger partial charge in [0.05, 0.1) is 37.1 Å². The number of aromatic nitrogens is 3. The molecule has 1 aliphatic heterocycles. The topological polar surface area (TPSA) is 128 Å². The minimum Gasteiger partial charge on any atom is -0.481 e. The highest BCUT2D eigenvalue weighted by atomic mass is 35.5. The van der Waals surface area contributed by atoms with E-state index in [4.69, 9.17) is 47.4 Å². The standard InChI is InChI=1S/C40H44Cl2N6O5/c1-43-37(50)24-14-15-48(21-24)22-25-17-32(41)39(47-38(25)51-2)53-35-13-12-28-27(6-4-7-29(28)35)30-8-5-9-31(36(30)42)33-20-45-34(40(46-33)52-3)19-44-18-23-10-11-26(49)16-23/h4-9,17,20,23-24,35,44H,10-16,18-19,21-22H2,1-3H3,(H,43,50)/t23-,24?,35+/m1/s1. The van der Waals surface area contributed by atoms with Crippen LogP contribution in [0, 0.1) is 11.8 Å². The van der Waals surface area contributed by atoms with Gasteiger partial charge in [-0.05, 0) is 67.4 Å². The Bertz CT molecular complexity index is 2010. The van der Waals surface area contributed by atoms with E-state index in [9.17, 15) is 9.59 Å². The average molecular weight is 760 g/mol. The van der Waals surface area contributed by atoms with Crippen LogP contribution in [0.25, 0.3) is 22.4 Å². The molecule has 3 heterocycles. The van der Waals surface area contributed by atoms with Crippen LogP contribution in [0.4, 0.5) is 0 Å². The SMILES string of the molecule is CNC(=O)C1CCN(Cc2cc(Cl)c(O[C@H]3CCc4c(-c5cccc(-c6cnc(CNC[C@@H]7CCC(=O)C7)c(OC)n6)c5Cl)cccc43)nc2OC)C1. The number of methoxy groups -OCH3 is 2. The van der Waals surface area contributed by atoms with Crippen LogP contribution in [0.3, 0.4) is 0 Å². The van der Waals surface area contributed by atoms with E-state index in [1.54, 1.807) is 27.5 Å². The first-order valence-electron chi connectivity index (χ1n) is 18.1. The number of Topliss-reactive ketones (excluding diaryl/α,β-unsaturated/α-hetero) is 1. The van der Waals surface area contributed by atoms with E-state index in [2.05, 4.69) is 32.7 Å². The summed E-state index contributed by atoms with van der Waals surface area (Å²) in [4.78, 5) is 40.2. The van der Waals surface area contributed by atoms with Gasteiger partial charge in [0.2, 0.25) is 23.5 Å². The third kappa shape index (κ3) is 7.99. The lowest BCUT2D eigenvalue weighted by atomic mass is 9.95. The molecule has 11 nitrogen and oxygen atoms in total. The summed E-state index contributed by atoms with van der Waals surface area (Å²) in [7, 11) is 4.85. The highest BCUT2D eigenvalue weighted by molar-refractivity contribution is 6.36. The fourth-order valence-electron chi connectivity index (χ4n) is 7.84. The second-order valence-corrected chi connectivity index (χ2v) is 14.7. The molecular weight excluding hydrogens is 715 g/mol. The lowest BCUT2D eigenvalue weighted by molar-refractivity contribution is -0.124. The zero-order chi connectivity index (χ0) is 37.1. The van der Waals surface area contributed by atoms with Gasteiger partial charge in [0.15, 0.2) is 0 Å². The molecule has 1 unspecified atom stereocenters. The van der Waals surface area contributed by atoms with E-state index in [-0.39, 0.29) is 17.9 Å². The smallest absolute Gasteiger partial charge is 0.237 e. The number of carbonyl (C=O) groups excluding carboxylic acids is 2. The molecule has 2 N–H and O–H groups in total. The first-order chi connectivity index (χ1) is 25.8. The van der Waals surface area contributed by atoms with Crippen molar-refractivity contribution in [3.05, 3.63) is 81.1 Å². The normalized spacial score (nSPS) is 19.7. The quantitative estimate of drug-likeness (QED) is 0.154. The zero-order valence-corrected chi connectivity index (χ0v) is 31.7. The number of hydrogen-bond donors (Lipinski definition) is 2. The van der Waals surface area contributed by atoms with Gasteiger partial charge in [-0.2, -0.15) is 4.98 Å². The molecule has 2 aromatic heterocycles. The van der Waals surface area contributed by atoms with Crippen molar-refractivity contribution in [1.82, 2.24) is 30.5 Å². The third-order valence-electron chi connectivity index (χ3n) is 10.6. The number of ether oxygens (including phenoxy) is 3. The van der Waals surface area contributed by atoms with Crippen LogP contribution in [0.1, 0.15) is 60.6 Å². The Labute approximate surface area is 319 Å². The molecule has 2 aromatic carbocycles. The van der Waals surface area contributed by atoms with E-state index in [1.807, 2.05) is 30.3 Å². The number of rotatable bonds is 13. The van der Waals surface area contributed by atoms with Crippen molar-refractivity contribution in [3.63, 3.8) is 0 Å². The number of benzene rings is 2. The van der Waals surface area contributed by atoms with Crippen molar-refractivity contribution < 1.29 is 23.8 Å². The Morgan fingerprint density at radius 1 is 0.962 bits per heavy atom. The molecule has 13 heteroatoms. The summed E-state index contributed by atoms with van der Waals surface area (Å²) in [5.74, 6) is 1.95. The van der Waals surface area contributed by atoms with E-state index in [0.717, 1.165) is 72.2 Å². The Kier molecular flexibility index (Phi) is 11.5. The lowest BCUT2D eigenvalue weighted by Crippen LogP contribution is -2.30. The number of ketones is 1. The largest absolute Gasteiger partial charge is 0.481 e. The predicted molar refractivity (Wildman–Crippen MR) is 203 cm³/mol. The zero-order valence-electron chi connectivity index (χ0n) is 30.2. The first kappa shape index (κ1) is 37.0. The second kappa shape index (κ2) is 16.4. The van der Waals surface area contributed by atoms with Gasteiger partial charge in [0, 0.05) is 56.2 Å². The maximum absolute atomic E-state index is 12.1. The number of fused-ring (bicyclic) bond motifs is 1. The predicted octanol–water partition coefficient (Wildman–Crippen LogP) is 6.62. The van der Waals surface area contributed by atoms with Crippen molar-refractivity contribution in [2.75, 3.05) is 40.9 Å². The van der Waals surface area contributed by atoms with Gasteiger partial charge in [-0.15, -0.1) is 0 Å². The third-order valence-corrected chi connectivity index (χ3v) is 11.3. The lowest BCUT2D eigenvalue weighted by Gasteiger charge is -2.20. The number of amides is 1. The fourth-order valence-corrected chi connectivity index (χ4v) is 8.38. The molecule has 0 bridgehead atoms. The minimum absolute atomic E-state index is 0.0278. The summed E-state index contributed by atoms with van der Waals surface area (Å²) in [5, 5.41) is 7.14. The first-order valence-corrected chi connectivity index (χ1v) is 18.9. The van der Waals surface area contributed by atoms with E-state index < -0.39 is 0 Å². The number of carbonyl (C=O) groups is 2. The monoisotopic (exact) mass is 758 g/mol. The van der Waals surface area contributed by atoms with Crippen LogP contribution >= 0.6 is 23.2 Å². The van der Waals surface area contributed by atoms with Gasteiger partial charge in [0.25, 0.3) is 0 Å². The molecule has 3 atom stereocenters. The van der Waals surface area contributed by atoms with Crippen LogP contribution in [0.15, 0.2) is 48.7 Å². The number of halogens is 2. The molecule has 0 radical (unpaired) electrons. The molecule has 2 fully saturated rings. The maximum atomic E-state index is 12.1. The van der Waals surface area contributed by atoms with E-state index in [0.29, 0.717) is 83.3 Å². The van der Waals surface area contributed by atoms with Gasteiger partial charge < -0.3 is 24.8 Å². The second-order valence-electron chi connectivity index (χ2n) is 14.0. The van der Waals surface area contributed by atoms with Crippen LogP contribution in [0.2, 0.25) is 10.0 Å². The molecule has 2 aliphatic carbocycles. The van der Waals surface area contributed by atoms with Gasteiger partial charge in [-0.1, -0.05) is 59.6 Å². The molecular formula is C40H44Cl2N6O5. The number of nitrogens with one attached hydrogen (secondary N) is 2. The van der Waals surface area contributed by atoms with Gasteiger partial charge in [-0.3, -0.25) is 19.5 Å². The molecule has 1 saturated heterocycles. The van der Waals surface area contributed by atoms with Crippen molar-refractivity contribution in [2.45, 2.75) is 57.7 Å². The number of pyridine rings is 1. The van der Waals surface area contributed by atoms with Gasteiger partial charge in [0.1, 0.15) is 22.6 Å². The highest BCUT2D eigenvalue weighted by Gasteiger charge is 2.31. The molecule has 53 heavy (non-hydrogen) atoms. The van der Waals surface area contributed by atoms with Gasteiger partial charge >= 0.3 is 0 Å². The number of likely N-dealkylation sites (tertiary alicyclic amines) is 1. The molecule has 4 aromatic rings. The van der Waals surface area contributed by atoms with Crippen molar-refractivity contribution in [2.24, 2.45) is 11.8 Å². The van der Waals surface area contributed by atoms with E-state index >= 15 is 0 Å². The molecule has 3 aliphatic rings. The Balaban J connectivity index is 1.07. The summed E-state index contributed by atoms with van der Waals surface area (Å²) in [6.07, 6.45) is 6.05. The van der Waals surface area contributed by atoms with Crippen LogP contribution in [-0.4, -0.2) is 72.4 Å². The maximum Gasteiger partial charge on any atom is 0.237 e. The summed E-state index contributed by atoms with van der Waals surface area (Å²) >= 11 is 13.9. The van der Waals surface area contributed by atoms with Crippen molar-refractivity contribution in [3.8, 4) is 40.0 Å². The molecule has 278 valence electrons. The van der Waals surface area contributed by atoms with Crippen molar-refractivity contribution >= 4 is 34.9 Å². The number of nitrogens with zero attached hydrogens (tertiary/aromatic N) is 4. The summed E-state index contributed by atoms with van der Waals surface area (Å²) in [5.41, 5.74) is 7.04. The average Bonchev–Trinajstić information content (AvgIpc) is 3.93. The molecule has 1 amide bonds. The Morgan fingerprint density at radius 3 is 2.53 bits per heavy atom. The van der Waals surface area contributed by atoms with Crippen LogP contribution in [0.5, 0.6) is 17.6 Å². The molecule has 0 spiro atoms. The van der Waals surface area contributed by atoms with Gasteiger partial charge in [-0.25, -0.2) is 4.98 Å². The summed E-state index contributed by atoms with van der Waals surface area (Å²) in [6, 6.07) is 14.0. The molecule has 7 rings (SSSR count). The van der Waals surface area contributed by atoms with Crippen LogP contribution in [-0.2, 0) is 29.1 Å². The number of hydrogen-bond acceptors (Lipinski definition) is 10. The van der Waals surface area contributed by atoms with Crippen LogP contribution < -0.4 is 24.8 Å². The summed E-state index contributed by atoms with van der Waals surface area (Å²) in [6.45, 7) is 3.30. The van der Waals surface area contributed by atoms with E-state index in [1.165, 1.54) is 0 Å². The Hall–Kier alpha value is -4.29. The minimum atomic E-state index is -0.259. The highest BCUT2D eigenvalue weighted by Crippen LogP contribution is 2.44. The fraction of sp³-hybridized carbons (Fsp3) is 0.425. The molecule has 1 saturated carbocycles. The Morgan fingerprint density at radius 2 is 1.75 bits per heavy atom. The summed E-state index contributed by atoms with van der Waals surface area (Å²) < 4.78 is 17.8. The van der Waals surface area contributed by atoms with Crippen molar-refractivity contribution in [1.29, 1.82) is 0 Å².